The van der Waals surface area contributed by atoms with E-state index in [0.29, 0.717) is 5.69 Å². The van der Waals surface area contributed by atoms with E-state index in [4.69, 9.17) is 4.74 Å². The third kappa shape index (κ3) is 3.77. The van der Waals surface area contributed by atoms with Gasteiger partial charge in [0, 0.05) is 25.0 Å². The molecule has 0 atom stereocenters. The van der Waals surface area contributed by atoms with Crippen molar-refractivity contribution < 1.29 is 18.7 Å². The van der Waals surface area contributed by atoms with Crippen LogP contribution in [0.5, 0.6) is 0 Å². The predicted octanol–water partition coefficient (Wildman–Crippen LogP) is 3.76. The second-order valence-electron chi connectivity index (χ2n) is 7.21. The zero-order chi connectivity index (χ0) is 20.4. The molecule has 7 heteroatoms. The summed E-state index contributed by atoms with van der Waals surface area (Å²) < 4.78 is 22.1. The molecule has 3 aromatic rings. The van der Waals surface area contributed by atoms with E-state index >= 15 is 0 Å². The number of halogens is 1. The molecular formula is C22H24FN3O3. The minimum absolute atomic E-state index is 0.00211. The average Bonchev–Trinajstić information content (AvgIpc) is 3.30. The molecule has 1 fully saturated rings. The van der Waals surface area contributed by atoms with Gasteiger partial charge in [0.15, 0.2) is 0 Å². The molecular weight excluding hydrogens is 373 g/mol. The lowest BCUT2D eigenvalue weighted by Gasteiger charge is -2.27. The van der Waals surface area contributed by atoms with E-state index in [1.165, 1.54) is 12.1 Å². The number of hydrogen-bond acceptors (Lipinski definition) is 3. The summed E-state index contributed by atoms with van der Waals surface area (Å²) in [5.41, 5.74) is 2.66. The number of rotatable bonds is 5. The number of amides is 1. The van der Waals surface area contributed by atoms with Gasteiger partial charge in [0.2, 0.25) is 5.91 Å². The van der Waals surface area contributed by atoms with E-state index in [1.54, 1.807) is 29.7 Å². The summed E-state index contributed by atoms with van der Waals surface area (Å²) in [6.45, 7) is 3.61. The smallest absolute Gasteiger partial charge is 0.355 e. The lowest BCUT2D eigenvalue weighted by Crippen LogP contribution is -2.38. The van der Waals surface area contributed by atoms with Crippen LogP contribution in [0.15, 0.2) is 42.6 Å². The lowest BCUT2D eigenvalue weighted by molar-refractivity contribution is -0.132. The number of fused-ring (bicyclic) bond motifs is 1. The first kappa shape index (κ1) is 19.2. The number of carbonyl (C=O) groups is 2. The van der Waals surface area contributed by atoms with Crippen molar-refractivity contribution in [1.29, 1.82) is 0 Å². The fourth-order valence-electron chi connectivity index (χ4n) is 3.89. The van der Waals surface area contributed by atoms with Crippen molar-refractivity contribution in [3.05, 3.63) is 54.1 Å². The van der Waals surface area contributed by atoms with Gasteiger partial charge in [0.25, 0.3) is 0 Å². The van der Waals surface area contributed by atoms with Crippen molar-refractivity contribution in [2.24, 2.45) is 0 Å². The molecule has 0 aliphatic carbocycles. The van der Waals surface area contributed by atoms with Crippen LogP contribution < -0.4 is 0 Å². The third-order valence-corrected chi connectivity index (χ3v) is 5.35. The number of piperidine rings is 1. The van der Waals surface area contributed by atoms with Gasteiger partial charge in [0.05, 0.1) is 17.6 Å². The first-order valence-electron chi connectivity index (χ1n) is 10.00. The van der Waals surface area contributed by atoms with Gasteiger partial charge in [-0.2, -0.15) is 0 Å². The average molecular weight is 397 g/mol. The first-order valence-corrected chi connectivity index (χ1v) is 10.00. The topological polar surface area (TPSA) is 56.5 Å². The van der Waals surface area contributed by atoms with E-state index in [2.05, 4.69) is 0 Å². The minimum atomic E-state index is -0.458. The van der Waals surface area contributed by atoms with Crippen molar-refractivity contribution in [1.82, 2.24) is 14.0 Å². The summed E-state index contributed by atoms with van der Waals surface area (Å²) in [4.78, 5) is 27.3. The van der Waals surface area contributed by atoms with Crippen LogP contribution >= 0.6 is 0 Å². The first-order chi connectivity index (χ1) is 14.1. The molecule has 1 saturated heterocycles. The Kier molecular flexibility index (Phi) is 5.38. The Morgan fingerprint density at radius 2 is 1.76 bits per heavy atom. The largest absolute Gasteiger partial charge is 0.461 e. The molecule has 0 radical (unpaired) electrons. The summed E-state index contributed by atoms with van der Waals surface area (Å²) in [6, 6.07) is 9.74. The van der Waals surface area contributed by atoms with Gasteiger partial charge in [-0.15, -0.1) is 0 Å². The van der Waals surface area contributed by atoms with Crippen LogP contribution in [0.3, 0.4) is 0 Å². The van der Waals surface area contributed by atoms with Gasteiger partial charge in [-0.25, -0.2) is 9.18 Å². The highest BCUT2D eigenvalue weighted by molar-refractivity contribution is 5.96. The molecule has 0 bridgehead atoms. The molecule has 1 aliphatic rings. The van der Waals surface area contributed by atoms with Crippen molar-refractivity contribution in [2.75, 3.05) is 19.7 Å². The van der Waals surface area contributed by atoms with Crippen molar-refractivity contribution in [3.8, 4) is 5.69 Å². The number of carbonyl (C=O) groups excluding carboxylic acids is 2. The van der Waals surface area contributed by atoms with E-state index in [9.17, 15) is 14.0 Å². The number of hydrogen-bond donors (Lipinski definition) is 0. The zero-order valence-electron chi connectivity index (χ0n) is 16.4. The summed E-state index contributed by atoms with van der Waals surface area (Å²) in [5, 5.41) is 0. The monoisotopic (exact) mass is 397 g/mol. The number of benzene rings is 1. The lowest BCUT2D eigenvalue weighted by atomic mass is 10.1. The van der Waals surface area contributed by atoms with Gasteiger partial charge in [-0.3, -0.25) is 4.79 Å². The Morgan fingerprint density at radius 1 is 1.03 bits per heavy atom. The molecule has 152 valence electrons. The highest BCUT2D eigenvalue weighted by Gasteiger charge is 2.24. The predicted molar refractivity (Wildman–Crippen MR) is 108 cm³/mol. The van der Waals surface area contributed by atoms with Crippen molar-refractivity contribution in [3.63, 3.8) is 0 Å². The summed E-state index contributed by atoms with van der Waals surface area (Å²) in [7, 11) is 0. The molecule has 0 unspecified atom stereocenters. The number of nitrogens with zero attached hydrogens (tertiary/aromatic N) is 3. The molecule has 1 amide bonds. The number of likely N-dealkylation sites (tertiary alicyclic amines) is 1. The second-order valence-corrected chi connectivity index (χ2v) is 7.21. The van der Waals surface area contributed by atoms with Crippen LogP contribution in [-0.4, -0.2) is 45.6 Å². The second kappa shape index (κ2) is 8.11. The summed E-state index contributed by atoms with van der Waals surface area (Å²) in [5.74, 6) is -0.767. The summed E-state index contributed by atoms with van der Waals surface area (Å²) >= 11 is 0. The van der Waals surface area contributed by atoms with Crippen LogP contribution in [0, 0.1) is 5.82 Å². The SMILES string of the molecule is CCOC(=O)c1cc2c(ccn2-c2ccc(F)cc2)n1CC(=O)N1CCCCC1. The Balaban J connectivity index is 1.74. The highest BCUT2D eigenvalue weighted by atomic mass is 19.1. The maximum absolute atomic E-state index is 13.3. The molecule has 29 heavy (non-hydrogen) atoms. The zero-order valence-corrected chi connectivity index (χ0v) is 16.4. The standard InChI is InChI=1S/C22H24FN3O3/c1-2-29-22(28)20-14-19-18(10-13-25(19)17-8-6-16(23)7-9-17)26(20)15-21(27)24-11-4-3-5-12-24/h6-10,13-14H,2-5,11-12,15H2,1H3. The van der Waals surface area contributed by atoms with Gasteiger partial charge >= 0.3 is 5.97 Å². The minimum Gasteiger partial charge on any atom is -0.461 e. The molecule has 4 rings (SSSR count). The van der Waals surface area contributed by atoms with Crippen molar-refractivity contribution in [2.45, 2.75) is 32.7 Å². The number of ether oxygens (including phenoxy) is 1. The van der Waals surface area contributed by atoms with Crippen molar-refractivity contribution >= 4 is 22.9 Å². The van der Waals surface area contributed by atoms with Crippen LogP contribution in [0.4, 0.5) is 4.39 Å². The van der Waals surface area contributed by atoms with Gasteiger partial charge in [-0.05, 0) is 62.6 Å². The molecule has 3 heterocycles. The Labute approximate surface area is 168 Å². The molecule has 6 nitrogen and oxygen atoms in total. The molecule has 0 N–H and O–H groups in total. The summed E-state index contributed by atoms with van der Waals surface area (Å²) in [6.07, 6.45) is 5.03. The van der Waals surface area contributed by atoms with Crippen LogP contribution in [0.2, 0.25) is 0 Å². The van der Waals surface area contributed by atoms with Crippen LogP contribution in [0.1, 0.15) is 36.7 Å². The third-order valence-electron chi connectivity index (χ3n) is 5.35. The molecule has 1 aliphatic heterocycles. The van der Waals surface area contributed by atoms with Crippen LogP contribution in [0.25, 0.3) is 16.7 Å². The van der Waals surface area contributed by atoms with Gasteiger partial charge < -0.3 is 18.8 Å². The number of aromatic nitrogens is 2. The maximum Gasteiger partial charge on any atom is 0.355 e. The molecule has 1 aromatic carbocycles. The fraction of sp³-hybridized carbons (Fsp3) is 0.364. The van der Waals surface area contributed by atoms with E-state index in [-0.39, 0.29) is 24.9 Å². The Bertz CT molecular complexity index is 1030. The van der Waals surface area contributed by atoms with E-state index in [0.717, 1.165) is 49.1 Å². The molecule has 0 spiro atoms. The molecule has 0 saturated carbocycles. The number of esters is 1. The quantitative estimate of drug-likeness (QED) is 0.616. The normalized spacial score (nSPS) is 14.3. The van der Waals surface area contributed by atoms with E-state index in [1.807, 2.05) is 21.7 Å². The van der Waals surface area contributed by atoms with Crippen LogP contribution in [-0.2, 0) is 16.1 Å². The maximum atomic E-state index is 13.3. The van der Waals surface area contributed by atoms with Gasteiger partial charge in [-0.1, -0.05) is 0 Å². The Morgan fingerprint density at radius 3 is 2.45 bits per heavy atom. The van der Waals surface area contributed by atoms with Gasteiger partial charge in [0.1, 0.15) is 18.1 Å². The fourth-order valence-corrected chi connectivity index (χ4v) is 3.89. The highest BCUT2D eigenvalue weighted by Crippen LogP contribution is 2.26. The Hall–Kier alpha value is -3.09. The van der Waals surface area contributed by atoms with E-state index < -0.39 is 5.97 Å². The molecule has 2 aromatic heterocycles.